The van der Waals surface area contributed by atoms with Gasteiger partial charge in [0.15, 0.2) is 0 Å². The number of benzene rings is 2. The predicted molar refractivity (Wildman–Crippen MR) is 105 cm³/mol. The van der Waals surface area contributed by atoms with Gasteiger partial charge < -0.3 is 9.80 Å². The van der Waals surface area contributed by atoms with E-state index in [1.165, 1.54) is 17.7 Å². The van der Waals surface area contributed by atoms with Crippen molar-refractivity contribution in [2.45, 2.75) is 30.2 Å². The van der Waals surface area contributed by atoms with Crippen molar-refractivity contribution in [3.63, 3.8) is 0 Å². The number of piperidine rings is 1. The van der Waals surface area contributed by atoms with Crippen LogP contribution in [0.25, 0.3) is 0 Å². The number of sulfonamides is 1. The van der Waals surface area contributed by atoms with Crippen LogP contribution in [0.1, 0.15) is 18.4 Å². The van der Waals surface area contributed by atoms with Crippen LogP contribution in [0.15, 0.2) is 47.4 Å². The zero-order valence-electron chi connectivity index (χ0n) is 15.4. The lowest BCUT2D eigenvalue weighted by atomic mass is 10.0. The highest BCUT2D eigenvalue weighted by Crippen LogP contribution is 2.35. The third-order valence-electron chi connectivity index (χ3n) is 5.52. The van der Waals surface area contributed by atoms with Crippen molar-refractivity contribution in [2.24, 2.45) is 0 Å². The van der Waals surface area contributed by atoms with Crippen molar-refractivity contribution in [3.8, 4) is 0 Å². The van der Waals surface area contributed by atoms with Gasteiger partial charge in [0, 0.05) is 18.3 Å². The van der Waals surface area contributed by atoms with Crippen molar-refractivity contribution in [1.82, 2.24) is 4.90 Å². The Bertz CT molecular complexity index is 923. The summed E-state index contributed by atoms with van der Waals surface area (Å²) in [6.07, 6.45) is 3.25. The minimum atomic E-state index is -3.74. The maximum atomic E-state index is 13.1. The number of rotatable bonds is 4. The van der Waals surface area contributed by atoms with Crippen LogP contribution in [0.5, 0.6) is 0 Å². The molecule has 0 unspecified atom stereocenters. The molecule has 1 saturated heterocycles. The Labute approximate surface area is 159 Å². The second-order valence-corrected chi connectivity index (χ2v) is 9.06. The summed E-state index contributed by atoms with van der Waals surface area (Å²) >= 11 is 0. The first-order valence-electron chi connectivity index (χ1n) is 9.29. The Kier molecular flexibility index (Phi) is 4.82. The number of nitrogens with one attached hydrogen (secondary N) is 1. The van der Waals surface area contributed by atoms with E-state index in [2.05, 4.69) is 21.6 Å². The molecule has 27 heavy (non-hydrogen) atoms. The number of fused-ring (bicyclic) bond motifs is 1. The molecule has 0 spiro atoms. The first kappa shape index (κ1) is 18.3. The highest BCUT2D eigenvalue weighted by molar-refractivity contribution is 7.92. The Morgan fingerprint density at radius 2 is 1.74 bits per heavy atom. The third kappa shape index (κ3) is 3.80. The molecule has 0 bridgehead atoms. The molecule has 4 rings (SSSR count). The molecule has 1 fully saturated rings. The highest BCUT2D eigenvalue weighted by Gasteiger charge is 2.29. The summed E-state index contributed by atoms with van der Waals surface area (Å²) in [5.74, 6) is -0.458. The number of anilines is 2. The molecule has 144 valence electrons. The molecular formula is C20H24FN3O2S. The van der Waals surface area contributed by atoms with E-state index in [0.717, 1.165) is 56.7 Å². The molecule has 2 aromatic rings. The predicted octanol–water partition coefficient (Wildman–Crippen LogP) is 3.08. The van der Waals surface area contributed by atoms with E-state index in [9.17, 15) is 12.8 Å². The van der Waals surface area contributed by atoms with Crippen LogP contribution in [0.3, 0.4) is 0 Å². The van der Waals surface area contributed by atoms with E-state index in [1.807, 2.05) is 12.1 Å². The van der Waals surface area contributed by atoms with Crippen molar-refractivity contribution in [2.75, 3.05) is 36.3 Å². The Balaban J connectivity index is 1.56. The van der Waals surface area contributed by atoms with Gasteiger partial charge in [-0.15, -0.1) is 0 Å². The fraction of sp³-hybridized carbons (Fsp3) is 0.400. The normalized spacial score (nSPS) is 18.5. The molecule has 2 aliphatic heterocycles. The van der Waals surface area contributed by atoms with Gasteiger partial charge in [0.2, 0.25) is 0 Å². The maximum absolute atomic E-state index is 13.1. The zero-order chi connectivity index (χ0) is 19.0. The van der Waals surface area contributed by atoms with E-state index in [0.29, 0.717) is 11.7 Å². The topological polar surface area (TPSA) is 52.6 Å². The van der Waals surface area contributed by atoms with Gasteiger partial charge in [0.25, 0.3) is 10.0 Å². The Hall–Kier alpha value is -2.12. The molecule has 2 heterocycles. The lowest BCUT2D eigenvalue weighted by Crippen LogP contribution is -2.43. The monoisotopic (exact) mass is 389 g/mol. The average Bonchev–Trinajstić information content (AvgIpc) is 3.06. The first-order chi connectivity index (χ1) is 12.9. The molecule has 0 radical (unpaired) electrons. The lowest BCUT2D eigenvalue weighted by molar-refractivity contribution is 0.251. The van der Waals surface area contributed by atoms with Gasteiger partial charge in [-0.05, 0) is 81.4 Å². The van der Waals surface area contributed by atoms with Gasteiger partial charge in [0.1, 0.15) is 5.82 Å². The molecule has 5 nitrogen and oxygen atoms in total. The SMILES string of the molecule is CN1CCC(N2CCc3ccc(NS(=O)(=O)c4ccc(F)cc4)cc32)CC1. The molecule has 7 heteroatoms. The summed E-state index contributed by atoms with van der Waals surface area (Å²) in [6.45, 7) is 3.17. The number of hydrogen-bond acceptors (Lipinski definition) is 4. The van der Waals surface area contributed by atoms with Crippen LogP contribution in [0.4, 0.5) is 15.8 Å². The Morgan fingerprint density at radius 1 is 1.04 bits per heavy atom. The molecule has 0 aromatic heterocycles. The summed E-state index contributed by atoms with van der Waals surface area (Å²) in [5, 5.41) is 0. The number of halogens is 1. The quantitative estimate of drug-likeness (QED) is 0.873. The number of nitrogens with zero attached hydrogens (tertiary/aromatic N) is 2. The lowest BCUT2D eigenvalue weighted by Gasteiger charge is -2.36. The van der Waals surface area contributed by atoms with E-state index >= 15 is 0 Å². The van der Waals surface area contributed by atoms with E-state index in [4.69, 9.17) is 0 Å². The summed E-state index contributed by atoms with van der Waals surface area (Å²) < 4.78 is 40.9. The standard InChI is InChI=1S/C20H24FN3O2S/c1-23-11-9-18(10-12-23)24-13-8-15-2-5-17(14-20(15)24)22-27(25,26)19-6-3-16(21)4-7-19/h2-7,14,18,22H,8-13H2,1H3. The van der Waals surface area contributed by atoms with Crippen LogP contribution in [-0.4, -0.2) is 46.0 Å². The second-order valence-electron chi connectivity index (χ2n) is 7.38. The van der Waals surface area contributed by atoms with Gasteiger partial charge >= 0.3 is 0 Å². The van der Waals surface area contributed by atoms with Crippen molar-refractivity contribution < 1.29 is 12.8 Å². The largest absolute Gasteiger partial charge is 0.368 e. The molecule has 0 aliphatic carbocycles. The smallest absolute Gasteiger partial charge is 0.261 e. The number of hydrogen-bond donors (Lipinski definition) is 1. The molecule has 0 amide bonds. The summed E-state index contributed by atoms with van der Waals surface area (Å²) in [5.41, 5.74) is 2.93. The van der Waals surface area contributed by atoms with Crippen molar-refractivity contribution in [1.29, 1.82) is 0 Å². The average molecular weight is 389 g/mol. The third-order valence-corrected chi connectivity index (χ3v) is 6.92. The van der Waals surface area contributed by atoms with E-state index in [1.54, 1.807) is 6.07 Å². The minimum absolute atomic E-state index is 0.0524. The van der Waals surface area contributed by atoms with Gasteiger partial charge in [-0.1, -0.05) is 6.07 Å². The highest BCUT2D eigenvalue weighted by atomic mass is 32.2. The van der Waals surface area contributed by atoms with Gasteiger partial charge in [-0.25, -0.2) is 12.8 Å². The second kappa shape index (κ2) is 7.13. The Morgan fingerprint density at radius 3 is 2.44 bits per heavy atom. The van der Waals surface area contributed by atoms with Gasteiger partial charge in [-0.3, -0.25) is 4.72 Å². The van der Waals surface area contributed by atoms with Crippen LogP contribution >= 0.6 is 0 Å². The van der Waals surface area contributed by atoms with Gasteiger partial charge in [-0.2, -0.15) is 0 Å². The molecule has 2 aliphatic rings. The molecular weight excluding hydrogens is 365 g/mol. The first-order valence-corrected chi connectivity index (χ1v) is 10.8. The fourth-order valence-electron chi connectivity index (χ4n) is 3.98. The van der Waals surface area contributed by atoms with Crippen LogP contribution < -0.4 is 9.62 Å². The molecule has 0 saturated carbocycles. The summed E-state index contributed by atoms with van der Waals surface area (Å²) in [4.78, 5) is 4.83. The van der Waals surface area contributed by atoms with Gasteiger partial charge in [0.05, 0.1) is 10.6 Å². The van der Waals surface area contributed by atoms with E-state index < -0.39 is 15.8 Å². The van der Waals surface area contributed by atoms with Crippen LogP contribution in [0.2, 0.25) is 0 Å². The maximum Gasteiger partial charge on any atom is 0.261 e. The minimum Gasteiger partial charge on any atom is -0.368 e. The summed E-state index contributed by atoms with van der Waals surface area (Å²) in [6, 6.07) is 11.1. The van der Waals surface area contributed by atoms with Crippen molar-refractivity contribution >= 4 is 21.4 Å². The van der Waals surface area contributed by atoms with Crippen LogP contribution in [0, 0.1) is 5.82 Å². The zero-order valence-corrected chi connectivity index (χ0v) is 16.2. The fourth-order valence-corrected chi connectivity index (χ4v) is 5.03. The molecule has 2 aromatic carbocycles. The van der Waals surface area contributed by atoms with Crippen molar-refractivity contribution in [3.05, 3.63) is 53.8 Å². The summed E-state index contributed by atoms with van der Waals surface area (Å²) in [7, 11) is -1.59. The number of likely N-dealkylation sites (tertiary alicyclic amines) is 1. The van der Waals surface area contributed by atoms with E-state index in [-0.39, 0.29) is 4.90 Å². The molecule has 1 N–H and O–H groups in total. The van der Waals surface area contributed by atoms with Crippen LogP contribution in [-0.2, 0) is 16.4 Å². The molecule has 0 atom stereocenters.